The fourth-order valence-corrected chi connectivity index (χ4v) is 1.83. The maximum atomic E-state index is 11.1. The third-order valence-corrected chi connectivity index (χ3v) is 2.72. The average molecular weight is 208 g/mol. The monoisotopic (exact) mass is 208 g/mol. The minimum absolute atomic E-state index is 0.183. The molecule has 0 saturated carbocycles. The summed E-state index contributed by atoms with van der Waals surface area (Å²) in [7, 11) is 0. The molecule has 1 aliphatic rings. The first kappa shape index (κ1) is 11.8. The van der Waals surface area contributed by atoms with Crippen LogP contribution in [0.4, 0.5) is 0 Å². The van der Waals surface area contributed by atoms with Gasteiger partial charge in [-0.15, -0.1) is 0 Å². The molecule has 0 aliphatic carbocycles. The topological polar surface area (TPSA) is 23.6 Å². The zero-order valence-electron chi connectivity index (χ0n) is 9.86. The van der Waals surface area contributed by atoms with Crippen LogP contribution in [0, 0.1) is 0 Å². The van der Waals surface area contributed by atoms with E-state index in [2.05, 4.69) is 17.1 Å². The molecule has 0 bridgehead atoms. The Hall–Kier alpha value is -1.25. The summed E-state index contributed by atoms with van der Waals surface area (Å²) in [5.74, 6) is 0.183. The molecule has 0 aromatic carbocycles. The summed E-state index contributed by atoms with van der Waals surface area (Å²) in [4.78, 5) is 15.4. The zero-order valence-corrected chi connectivity index (χ0v) is 9.86. The summed E-state index contributed by atoms with van der Waals surface area (Å²) in [6.45, 7) is 9.25. The molecule has 0 aromatic heterocycles. The summed E-state index contributed by atoms with van der Waals surface area (Å²) >= 11 is 0. The van der Waals surface area contributed by atoms with Crippen molar-refractivity contribution < 1.29 is 4.79 Å². The van der Waals surface area contributed by atoms with E-state index in [1.165, 1.54) is 5.70 Å². The largest absolute Gasteiger partial charge is 0.368 e. The SMILES string of the molecule is C/C=C\C(=C/C)N1CCN(C(C)=O)CC1. The summed E-state index contributed by atoms with van der Waals surface area (Å²) < 4.78 is 0. The van der Waals surface area contributed by atoms with Crippen molar-refractivity contribution in [1.29, 1.82) is 0 Å². The highest BCUT2D eigenvalue weighted by Gasteiger charge is 2.18. The smallest absolute Gasteiger partial charge is 0.219 e. The number of carbonyl (C=O) groups excluding carboxylic acids is 1. The van der Waals surface area contributed by atoms with Crippen molar-refractivity contribution in [3.05, 3.63) is 23.9 Å². The highest BCUT2D eigenvalue weighted by Crippen LogP contribution is 2.10. The number of nitrogens with zero attached hydrogens (tertiary/aromatic N) is 2. The number of amides is 1. The Balaban J connectivity index is 2.53. The van der Waals surface area contributed by atoms with Crippen LogP contribution in [0.2, 0.25) is 0 Å². The lowest BCUT2D eigenvalue weighted by Crippen LogP contribution is -2.47. The Morgan fingerprint density at radius 3 is 2.00 bits per heavy atom. The molecule has 0 N–H and O–H groups in total. The molecular weight excluding hydrogens is 188 g/mol. The van der Waals surface area contributed by atoms with Gasteiger partial charge in [0.15, 0.2) is 0 Å². The average Bonchev–Trinajstić information content (AvgIpc) is 2.26. The highest BCUT2D eigenvalue weighted by atomic mass is 16.2. The number of carbonyl (C=O) groups is 1. The molecule has 1 saturated heterocycles. The lowest BCUT2D eigenvalue weighted by Gasteiger charge is -2.36. The summed E-state index contributed by atoms with van der Waals surface area (Å²) in [5, 5.41) is 0. The molecule has 3 nitrogen and oxygen atoms in total. The third kappa shape index (κ3) is 3.11. The van der Waals surface area contributed by atoms with Crippen LogP contribution in [0.3, 0.4) is 0 Å². The van der Waals surface area contributed by atoms with Gasteiger partial charge in [-0.2, -0.15) is 0 Å². The maximum absolute atomic E-state index is 11.1. The van der Waals surface area contributed by atoms with Gasteiger partial charge in [0.05, 0.1) is 0 Å². The second kappa shape index (κ2) is 5.59. The van der Waals surface area contributed by atoms with Crippen molar-refractivity contribution in [2.24, 2.45) is 0 Å². The fourth-order valence-electron chi connectivity index (χ4n) is 1.83. The summed E-state index contributed by atoms with van der Waals surface area (Å²) in [5.41, 5.74) is 1.25. The first-order chi connectivity index (χ1) is 7.19. The van der Waals surface area contributed by atoms with Crippen molar-refractivity contribution in [3.63, 3.8) is 0 Å². The molecule has 1 fully saturated rings. The molecular formula is C12H20N2O. The summed E-state index contributed by atoms with van der Waals surface area (Å²) in [6, 6.07) is 0. The number of hydrogen-bond acceptors (Lipinski definition) is 2. The van der Waals surface area contributed by atoms with Gasteiger partial charge in [0.25, 0.3) is 0 Å². The van der Waals surface area contributed by atoms with Crippen LogP contribution in [0.25, 0.3) is 0 Å². The molecule has 1 amide bonds. The van der Waals surface area contributed by atoms with E-state index in [0.29, 0.717) is 0 Å². The van der Waals surface area contributed by atoms with Crippen molar-refractivity contribution in [1.82, 2.24) is 9.80 Å². The van der Waals surface area contributed by atoms with Crippen molar-refractivity contribution >= 4 is 5.91 Å². The quantitative estimate of drug-likeness (QED) is 0.644. The van der Waals surface area contributed by atoms with Crippen LogP contribution in [0.5, 0.6) is 0 Å². The lowest BCUT2D eigenvalue weighted by molar-refractivity contribution is -0.130. The zero-order chi connectivity index (χ0) is 11.3. The minimum Gasteiger partial charge on any atom is -0.368 e. The molecule has 0 aromatic rings. The number of allylic oxidation sites excluding steroid dienone is 3. The Kier molecular flexibility index (Phi) is 4.40. The van der Waals surface area contributed by atoms with Crippen molar-refractivity contribution in [3.8, 4) is 0 Å². The van der Waals surface area contributed by atoms with Gasteiger partial charge in [-0.05, 0) is 19.9 Å². The molecule has 84 valence electrons. The molecule has 15 heavy (non-hydrogen) atoms. The van der Waals surface area contributed by atoms with Crippen LogP contribution >= 0.6 is 0 Å². The summed E-state index contributed by atoms with van der Waals surface area (Å²) in [6.07, 6.45) is 6.28. The van der Waals surface area contributed by atoms with Gasteiger partial charge in [0.2, 0.25) is 5.91 Å². The van der Waals surface area contributed by atoms with Crippen molar-refractivity contribution in [2.75, 3.05) is 26.2 Å². The molecule has 3 heteroatoms. The molecule has 0 atom stereocenters. The minimum atomic E-state index is 0.183. The number of rotatable bonds is 2. The normalized spacial score (nSPS) is 18.7. The molecule has 1 heterocycles. The maximum Gasteiger partial charge on any atom is 0.219 e. The first-order valence-electron chi connectivity index (χ1n) is 5.48. The van der Waals surface area contributed by atoms with Crippen LogP contribution in [0.15, 0.2) is 23.9 Å². The van der Waals surface area contributed by atoms with E-state index >= 15 is 0 Å². The molecule has 0 spiro atoms. The Labute approximate surface area is 92.0 Å². The van der Waals surface area contributed by atoms with E-state index < -0.39 is 0 Å². The molecule has 0 radical (unpaired) electrons. The van der Waals surface area contributed by atoms with E-state index in [4.69, 9.17) is 0 Å². The van der Waals surface area contributed by atoms with Gasteiger partial charge in [-0.25, -0.2) is 0 Å². The third-order valence-electron chi connectivity index (χ3n) is 2.72. The van der Waals surface area contributed by atoms with Gasteiger partial charge >= 0.3 is 0 Å². The Bertz CT molecular complexity index is 273. The van der Waals surface area contributed by atoms with E-state index in [0.717, 1.165) is 26.2 Å². The Morgan fingerprint density at radius 1 is 1.07 bits per heavy atom. The van der Waals surface area contributed by atoms with E-state index in [1.54, 1.807) is 6.92 Å². The van der Waals surface area contributed by atoms with Gasteiger partial charge in [-0.1, -0.05) is 12.2 Å². The second-order valence-electron chi connectivity index (χ2n) is 3.71. The fraction of sp³-hybridized carbons (Fsp3) is 0.583. The van der Waals surface area contributed by atoms with Crippen LogP contribution in [-0.2, 0) is 4.79 Å². The van der Waals surface area contributed by atoms with Gasteiger partial charge in [-0.3, -0.25) is 4.79 Å². The lowest BCUT2D eigenvalue weighted by atomic mass is 10.2. The van der Waals surface area contributed by atoms with Gasteiger partial charge < -0.3 is 9.80 Å². The van der Waals surface area contributed by atoms with Gasteiger partial charge in [0.1, 0.15) is 0 Å². The number of hydrogen-bond donors (Lipinski definition) is 0. The molecule has 0 unspecified atom stereocenters. The highest BCUT2D eigenvalue weighted by molar-refractivity contribution is 5.73. The second-order valence-corrected chi connectivity index (χ2v) is 3.71. The van der Waals surface area contributed by atoms with Gasteiger partial charge in [0, 0.05) is 38.8 Å². The van der Waals surface area contributed by atoms with E-state index in [1.807, 2.05) is 24.8 Å². The number of piperazine rings is 1. The van der Waals surface area contributed by atoms with Crippen LogP contribution in [-0.4, -0.2) is 41.9 Å². The van der Waals surface area contributed by atoms with E-state index in [9.17, 15) is 4.79 Å². The first-order valence-corrected chi connectivity index (χ1v) is 5.48. The predicted octanol–water partition coefficient (Wildman–Crippen LogP) is 1.63. The molecule has 1 aliphatic heterocycles. The Morgan fingerprint density at radius 2 is 1.60 bits per heavy atom. The predicted molar refractivity (Wildman–Crippen MR) is 62.4 cm³/mol. The van der Waals surface area contributed by atoms with E-state index in [-0.39, 0.29) is 5.91 Å². The standard InChI is InChI=1S/C12H20N2O/c1-4-6-12(5-2)14-9-7-13(8-10-14)11(3)15/h4-6H,7-10H2,1-3H3/b6-4-,12-5+. The van der Waals surface area contributed by atoms with Crippen molar-refractivity contribution in [2.45, 2.75) is 20.8 Å². The molecule has 1 rings (SSSR count). The van der Waals surface area contributed by atoms with Crippen LogP contribution in [0.1, 0.15) is 20.8 Å². The van der Waals surface area contributed by atoms with Crippen LogP contribution < -0.4 is 0 Å².